The average molecular weight is 455 g/mol. The zero-order valence-corrected chi connectivity index (χ0v) is 18.4. The number of hydrazone groups is 1. The molecule has 4 aromatic rings. The van der Waals surface area contributed by atoms with E-state index < -0.39 is 6.04 Å². The lowest BCUT2D eigenvalue weighted by molar-refractivity contribution is -0.135. The Kier molecular flexibility index (Phi) is 5.75. The molecule has 0 saturated carbocycles. The molecule has 1 atom stereocenters. The number of hydrogen-bond donors (Lipinski definition) is 0. The summed E-state index contributed by atoms with van der Waals surface area (Å²) >= 11 is 0. The lowest BCUT2D eigenvalue weighted by Gasteiger charge is -2.20. The first kappa shape index (κ1) is 21.3. The first-order valence-electron chi connectivity index (χ1n) is 10.9. The first-order valence-corrected chi connectivity index (χ1v) is 10.9. The van der Waals surface area contributed by atoms with E-state index in [2.05, 4.69) is 11.2 Å². The maximum atomic E-state index is 13.2. The van der Waals surface area contributed by atoms with Crippen molar-refractivity contribution < 1.29 is 23.1 Å². The van der Waals surface area contributed by atoms with Crippen molar-refractivity contribution in [3.63, 3.8) is 0 Å². The number of nitriles is 1. The van der Waals surface area contributed by atoms with E-state index in [0.717, 1.165) is 11.0 Å². The molecular weight excluding hydrogens is 434 g/mol. The lowest BCUT2D eigenvalue weighted by atomic mass is 10.1. The van der Waals surface area contributed by atoms with Crippen LogP contribution in [0.25, 0.3) is 11.0 Å². The SMILES string of the molecule is CCOc1cc(C#N)ccc1OCC(=O)N1N=C(c2cc3ccccc3o2)CC1c1ccco1. The van der Waals surface area contributed by atoms with Gasteiger partial charge in [0.2, 0.25) is 0 Å². The van der Waals surface area contributed by atoms with Gasteiger partial charge in [0.25, 0.3) is 5.91 Å². The Balaban J connectivity index is 1.39. The fourth-order valence-corrected chi connectivity index (χ4v) is 3.89. The minimum Gasteiger partial charge on any atom is -0.490 e. The van der Waals surface area contributed by atoms with Gasteiger partial charge in [-0.25, -0.2) is 5.01 Å². The minimum atomic E-state index is -0.415. The predicted octanol–water partition coefficient (Wildman–Crippen LogP) is 5.05. The fraction of sp³-hybridized carbons (Fsp3) is 0.192. The van der Waals surface area contributed by atoms with Crippen molar-refractivity contribution in [2.24, 2.45) is 5.10 Å². The number of carbonyl (C=O) groups excluding carboxylic acids is 1. The molecule has 3 heterocycles. The van der Waals surface area contributed by atoms with Gasteiger partial charge < -0.3 is 18.3 Å². The molecule has 0 fully saturated rings. The largest absolute Gasteiger partial charge is 0.490 e. The van der Waals surface area contributed by atoms with Gasteiger partial charge in [-0.15, -0.1) is 0 Å². The fourth-order valence-electron chi connectivity index (χ4n) is 3.89. The van der Waals surface area contributed by atoms with Crippen molar-refractivity contribution in [3.05, 3.63) is 84.0 Å². The third-order valence-corrected chi connectivity index (χ3v) is 5.47. The number of hydrogen-bond acceptors (Lipinski definition) is 7. The van der Waals surface area contributed by atoms with Crippen LogP contribution in [-0.4, -0.2) is 29.8 Å². The molecule has 0 radical (unpaired) electrons. The van der Waals surface area contributed by atoms with E-state index in [1.54, 1.807) is 30.5 Å². The molecule has 34 heavy (non-hydrogen) atoms. The molecule has 0 saturated heterocycles. The van der Waals surface area contributed by atoms with Gasteiger partial charge in [0, 0.05) is 17.9 Å². The van der Waals surface area contributed by atoms with Gasteiger partial charge in [0.15, 0.2) is 23.9 Å². The van der Waals surface area contributed by atoms with Gasteiger partial charge in [-0.3, -0.25) is 4.79 Å². The Labute approximate surface area is 195 Å². The molecule has 8 nitrogen and oxygen atoms in total. The van der Waals surface area contributed by atoms with Gasteiger partial charge in [-0.1, -0.05) is 18.2 Å². The van der Waals surface area contributed by atoms with Crippen LogP contribution in [0, 0.1) is 11.3 Å². The second-order valence-electron chi connectivity index (χ2n) is 7.66. The molecule has 0 N–H and O–H groups in total. The summed E-state index contributed by atoms with van der Waals surface area (Å²) in [6.07, 6.45) is 2.01. The van der Waals surface area contributed by atoms with Crippen LogP contribution >= 0.6 is 0 Å². The highest BCUT2D eigenvalue weighted by molar-refractivity contribution is 6.03. The summed E-state index contributed by atoms with van der Waals surface area (Å²) in [4.78, 5) is 13.2. The first-order chi connectivity index (χ1) is 16.7. The normalized spacial score (nSPS) is 15.2. The van der Waals surface area contributed by atoms with Crippen LogP contribution in [0.2, 0.25) is 0 Å². The number of furan rings is 2. The van der Waals surface area contributed by atoms with E-state index in [1.165, 1.54) is 5.01 Å². The number of fused-ring (bicyclic) bond motifs is 1. The summed E-state index contributed by atoms with van der Waals surface area (Å²) in [5.74, 6) is 1.67. The topological polar surface area (TPSA) is 101 Å². The Hall–Kier alpha value is -4.51. The quantitative estimate of drug-likeness (QED) is 0.386. The highest BCUT2D eigenvalue weighted by atomic mass is 16.5. The maximum absolute atomic E-state index is 13.2. The van der Waals surface area contributed by atoms with Gasteiger partial charge in [0.1, 0.15) is 23.1 Å². The molecule has 1 unspecified atom stereocenters. The van der Waals surface area contributed by atoms with E-state index in [9.17, 15) is 4.79 Å². The van der Waals surface area contributed by atoms with Crippen LogP contribution < -0.4 is 9.47 Å². The molecule has 0 bridgehead atoms. The van der Waals surface area contributed by atoms with E-state index >= 15 is 0 Å². The second-order valence-corrected chi connectivity index (χ2v) is 7.66. The number of amides is 1. The zero-order chi connectivity index (χ0) is 23.5. The average Bonchev–Trinajstić information content (AvgIpc) is 3.61. The summed E-state index contributed by atoms with van der Waals surface area (Å²) in [5, 5.41) is 16.1. The van der Waals surface area contributed by atoms with Gasteiger partial charge in [0.05, 0.1) is 24.5 Å². The van der Waals surface area contributed by atoms with Crippen molar-refractivity contribution in [2.75, 3.05) is 13.2 Å². The Morgan fingerprint density at radius 3 is 2.79 bits per heavy atom. The van der Waals surface area contributed by atoms with Crippen molar-refractivity contribution in [2.45, 2.75) is 19.4 Å². The summed E-state index contributed by atoms with van der Waals surface area (Å²) in [7, 11) is 0. The van der Waals surface area contributed by atoms with Crippen LogP contribution in [0.15, 0.2) is 80.9 Å². The Morgan fingerprint density at radius 2 is 2.03 bits per heavy atom. The highest BCUT2D eigenvalue weighted by Crippen LogP contribution is 2.35. The molecular formula is C26H21N3O5. The number of ether oxygens (including phenoxy) is 2. The van der Waals surface area contributed by atoms with Gasteiger partial charge >= 0.3 is 0 Å². The molecule has 1 amide bonds. The third-order valence-electron chi connectivity index (χ3n) is 5.47. The summed E-state index contributed by atoms with van der Waals surface area (Å²) in [6.45, 7) is 1.97. The van der Waals surface area contributed by atoms with Crippen LogP contribution in [0.3, 0.4) is 0 Å². The Bertz CT molecular complexity index is 1360. The Morgan fingerprint density at radius 1 is 1.15 bits per heavy atom. The molecule has 1 aliphatic heterocycles. The molecule has 170 valence electrons. The number of nitrogens with zero attached hydrogens (tertiary/aromatic N) is 3. The molecule has 5 rings (SSSR count). The highest BCUT2D eigenvalue weighted by Gasteiger charge is 2.36. The predicted molar refractivity (Wildman–Crippen MR) is 123 cm³/mol. The van der Waals surface area contributed by atoms with Crippen LogP contribution in [0.5, 0.6) is 11.5 Å². The molecule has 2 aromatic carbocycles. The smallest absolute Gasteiger partial charge is 0.281 e. The molecule has 2 aromatic heterocycles. The zero-order valence-electron chi connectivity index (χ0n) is 18.4. The molecule has 0 spiro atoms. The summed E-state index contributed by atoms with van der Waals surface area (Å²) < 4.78 is 22.9. The van der Waals surface area contributed by atoms with Crippen molar-refractivity contribution in [1.29, 1.82) is 5.26 Å². The van der Waals surface area contributed by atoms with Gasteiger partial charge in [-0.05, 0) is 43.3 Å². The molecule has 0 aliphatic carbocycles. The summed E-state index contributed by atoms with van der Waals surface area (Å²) in [5.41, 5.74) is 1.85. The molecule has 1 aliphatic rings. The minimum absolute atomic E-state index is 0.264. The maximum Gasteiger partial charge on any atom is 0.281 e. The van der Waals surface area contributed by atoms with Crippen LogP contribution in [-0.2, 0) is 4.79 Å². The number of rotatable bonds is 7. The van der Waals surface area contributed by atoms with Crippen molar-refractivity contribution in [1.82, 2.24) is 5.01 Å². The van der Waals surface area contributed by atoms with E-state index in [1.807, 2.05) is 43.3 Å². The second kappa shape index (κ2) is 9.16. The molecule has 8 heteroatoms. The third kappa shape index (κ3) is 4.11. The van der Waals surface area contributed by atoms with E-state index in [0.29, 0.717) is 47.3 Å². The standard InChI is InChI=1S/C26H21N3O5/c1-2-31-25-12-17(15-27)9-10-23(25)33-16-26(30)29-20(22-8-5-11-32-22)14-19(28-29)24-13-18-6-3-4-7-21(18)34-24/h3-13,20H,2,14,16H2,1H3. The van der Waals surface area contributed by atoms with E-state index in [-0.39, 0.29) is 12.5 Å². The number of para-hydroxylation sites is 1. The lowest BCUT2D eigenvalue weighted by Crippen LogP contribution is -2.31. The van der Waals surface area contributed by atoms with Crippen LogP contribution in [0.4, 0.5) is 0 Å². The van der Waals surface area contributed by atoms with Gasteiger partial charge in [-0.2, -0.15) is 10.4 Å². The monoisotopic (exact) mass is 455 g/mol. The summed E-state index contributed by atoms with van der Waals surface area (Å²) in [6, 6.07) is 19.7. The van der Waals surface area contributed by atoms with Crippen molar-refractivity contribution >= 4 is 22.6 Å². The van der Waals surface area contributed by atoms with Crippen LogP contribution in [0.1, 0.15) is 36.5 Å². The number of carbonyl (C=O) groups is 1. The van der Waals surface area contributed by atoms with Crippen molar-refractivity contribution in [3.8, 4) is 17.6 Å². The number of benzene rings is 2. The van der Waals surface area contributed by atoms with E-state index in [4.69, 9.17) is 23.6 Å².